The van der Waals surface area contributed by atoms with Crippen molar-refractivity contribution in [2.75, 3.05) is 7.11 Å². The van der Waals surface area contributed by atoms with Gasteiger partial charge in [-0.2, -0.15) is 0 Å². The lowest BCUT2D eigenvalue weighted by Gasteiger charge is -2.13. The minimum atomic E-state index is 0.156. The minimum absolute atomic E-state index is 0.156. The van der Waals surface area contributed by atoms with Crippen molar-refractivity contribution in [2.24, 2.45) is 5.73 Å². The van der Waals surface area contributed by atoms with E-state index in [2.05, 4.69) is 33.0 Å². The number of benzene rings is 1. The van der Waals surface area contributed by atoms with Crippen LogP contribution in [0.4, 0.5) is 0 Å². The van der Waals surface area contributed by atoms with E-state index in [4.69, 9.17) is 10.5 Å². The van der Waals surface area contributed by atoms with Crippen molar-refractivity contribution in [3.8, 4) is 5.75 Å². The molecule has 1 aromatic carbocycles. The Morgan fingerprint density at radius 1 is 1.20 bits per heavy atom. The van der Waals surface area contributed by atoms with Crippen LogP contribution in [0, 0.1) is 0 Å². The molecule has 0 spiro atoms. The zero-order valence-electron chi connectivity index (χ0n) is 11.6. The van der Waals surface area contributed by atoms with Gasteiger partial charge in [-0.05, 0) is 70.6 Å². The first kappa shape index (κ1) is 15.0. The van der Waals surface area contributed by atoms with Gasteiger partial charge in [-0.1, -0.05) is 6.07 Å². The Hall–Kier alpha value is -1.39. The van der Waals surface area contributed by atoms with Gasteiger partial charge < -0.3 is 10.5 Å². The molecule has 0 aliphatic rings. The van der Waals surface area contributed by atoms with Crippen LogP contribution in [0.5, 0.6) is 5.75 Å². The van der Waals surface area contributed by atoms with Gasteiger partial charge in [0.25, 0.3) is 0 Å². The molecule has 1 aromatic heterocycles. The van der Waals surface area contributed by atoms with Crippen molar-refractivity contribution in [3.05, 3.63) is 58.3 Å². The smallest absolute Gasteiger partial charge is 0.133 e. The van der Waals surface area contributed by atoms with Crippen LogP contribution >= 0.6 is 15.9 Å². The number of halogens is 1. The molecule has 0 amide bonds. The van der Waals surface area contributed by atoms with Crippen molar-refractivity contribution >= 4 is 15.9 Å². The summed E-state index contributed by atoms with van der Waals surface area (Å²) in [6.45, 7) is 0. The van der Waals surface area contributed by atoms with Gasteiger partial charge in [0.15, 0.2) is 0 Å². The fourth-order valence-corrected chi connectivity index (χ4v) is 2.73. The molecule has 1 unspecified atom stereocenters. The SMILES string of the molecule is COc1ccc(CC(N)CCc2ccncc2)cc1Br. The summed E-state index contributed by atoms with van der Waals surface area (Å²) in [6.07, 6.45) is 6.46. The number of nitrogens with zero attached hydrogens (tertiary/aromatic N) is 1. The molecule has 0 fully saturated rings. The molecule has 0 radical (unpaired) electrons. The first-order valence-corrected chi connectivity index (χ1v) is 7.45. The molecule has 0 aliphatic heterocycles. The van der Waals surface area contributed by atoms with Crippen molar-refractivity contribution in [1.29, 1.82) is 0 Å². The predicted molar refractivity (Wildman–Crippen MR) is 84.9 cm³/mol. The van der Waals surface area contributed by atoms with E-state index in [0.29, 0.717) is 0 Å². The second kappa shape index (κ2) is 7.41. The third-order valence-electron chi connectivity index (χ3n) is 3.27. The fourth-order valence-electron chi connectivity index (χ4n) is 2.14. The summed E-state index contributed by atoms with van der Waals surface area (Å²) in [5, 5.41) is 0. The predicted octanol–water partition coefficient (Wildman–Crippen LogP) is 3.36. The van der Waals surface area contributed by atoms with E-state index < -0.39 is 0 Å². The lowest BCUT2D eigenvalue weighted by molar-refractivity contribution is 0.412. The van der Waals surface area contributed by atoms with Crippen LogP contribution in [0.25, 0.3) is 0 Å². The van der Waals surface area contributed by atoms with Crippen LogP contribution < -0.4 is 10.5 Å². The molecule has 0 bridgehead atoms. The van der Waals surface area contributed by atoms with Crippen molar-refractivity contribution < 1.29 is 4.74 Å². The molecular weight excluding hydrogens is 316 g/mol. The molecule has 3 nitrogen and oxygen atoms in total. The molecule has 2 aromatic rings. The zero-order chi connectivity index (χ0) is 14.4. The van der Waals surface area contributed by atoms with Gasteiger partial charge in [-0.15, -0.1) is 0 Å². The maximum absolute atomic E-state index is 6.21. The number of pyridine rings is 1. The quantitative estimate of drug-likeness (QED) is 0.881. The molecular formula is C16H19BrN2O. The largest absolute Gasteiger partial charge is 0.496 e. The highest BCUT2D eigenvalue weighted by atomic mass is 79.9. The van der Waals surface area contributed by atoms with Crippen LogP contribution in [-0.4, -0.2) is 18.1 Å². The number of aromatic nitrogens is 1. The molecule has 1 atom stereocenters. The number of rotatable bonds is 6. The van der Waals surface area contributed by atoms with Crippen LogP contribution in [0.1, 0.15) is 17.5 Å². The number of ether oxygens (including phenoxy) is 1. The molecule has 0 aliphatic carbocycles. The van der Waals surface area contributed by atoms with Gasteiger partial charge in [-0.25, -0.2) is 0 Å². The van der Waals surface area contributed by atoms with Crippen molar-refractivity contribution in [1.82, 2.24) is 4.98 Å². The molecule has 20 heavy (non-hydrogen) atoms. The van der Waals surface area contributed by atoms with Gasteiger partial charge in [0.1, 0.15) is 5.75 Å². The molecule has 2 N–H and O–H groups in total. The van der Waals surface area contributed by atoms with E-state index >= 15 is 0 Å². The molecule has 0 saturated carbocycles. The Labute approximate surface area is 128 Å². The first-order valence-electron chi connectivity index (χ1n) is 6.66. The molecule has 2 rings (SSSR count). The first-order chi connectivity index (χ1) is 9.69. The van der Waals surface area contributed by atoms with E-state index in [1.165, 1.54) is 11.1 Å². The van der Waals surface area contributed by atoms with Crippen LogP contribution in [0.2, 0.25) is 0 Å². The second-order valence-corrected chi connectivity index (χ2v) is 5.68. The Morgan fingerprint density at radius 2 is 1.95 bits per heavy atom. The lowest BCUT2D eigenvalue weighted by atomic mass is 10.0. The lowest BCUT2D eigenvalue weighted by Crippen LogP contribution is -2.23. The zero-order valence-corrected chi connectivity index (χ0v) is 13.1. The van der Waals surface area contributed by atoms with Gasteiger partial charge >= 0.3 is 0 Å². The topological polar surface area (TPSA) is 48.1 Å². The average molecular weight is 335 g/mol. The minimum Gasteiger partial charge on any atom is -0.496 e. The van der Waals surface area contributed by atoms with E-state index in [0.717, 1.165) is 29.5 Å². The summed E-state index contributed by atoms with van der Waals surface area (Å²) in [4.78, 5) is 4.02. The van der Waals surface area contributed by atoms with Gasteiger partial charge in [-0.3, -0.25) is 4.98 Å². The normalized spacial score (nSPS) is 12.2. The summed E-state index contributed by atoms with van der Waals surface area (Å²) >= 11 is 3.50. The summed E-state index contributed by atoms with van der Waals surface area (Å²) in [7, 11) is 1.67. The monoisotopic (exact) mass is 334 g/mol. The summed E-state index contributed by atoms with van der Waals surface area (Å²) < 4.78 is 6.20. The number of methoxy groups -OCH3 is 1. The van der Waals surface area contributed by atoms with E-state index in [9.17, 15) is 0 Å². The molecule has 4 heteroatoms. The molecule has 106 valence electrons. The van der Waals surface area contributed by atoms with Gasteiger partial charge in [0.2, 0.25) is 0 Å². The van der Waals surface area contributed by atoms with Crippen LogP contribution in [0.3, 0.4) is 0 Å². The Bertz CT molecular complexity index is 545. The average Bonchev–Trinajstić information content (AvgIpc) is 2.46. The number of hydrogen-bond donors (Lipinski definition) is 1. The fraction of sp³-hybridized carbons (Fsp3) is 0.312. The summed E-state index contributed by atoms with van der Waals surface area (Å²) in [5.74, 6) is 0.846. The second-order valence-electron chi connectivity index (χ2n) is 4.83. The highest BCUT2D eigenvalue weighted by molar-refractivity contribution is 9.10. The van der Waals surface area contributed by atoms with Crippen molar-refractivity contribution in [3.63, 3.8) is 0 Å². The number of nitrogens with two attached hydrogens (primary N) is 1. The maximum atomic E-state index is 6.21. The van der Waals surface area contributed by atoms with E-state index in [1.54, 1.807) is 7.11 Å². The summed E-state index contributed by atoms with van der Waals surface area (Å²) in [6, 6.07) is 10.3. The third-order valence-corrected chi connectivity index (χ3v) is 3.89. The Balaban J connectivity index is 1.88. The highest BCUT2D eigenvalue weighted by Gasteiger charge is 2.07. The van der Waals surface area contributed by atoms with E-state index in [1.807, 2.05) is 30.6 Å². The maximum Gasteiger partial charge on any atom is 0.133 e. The highest BCUT2D eigenvalue weighted by Crippen LogP contribution is 2.26. The molecule has 1 heterocycles. The number of hydrogen-bond acceptors (Lipinski definition) is 3. The van der Waals surface area contributed by atoms with E-state index in [-0.39, 0.29) is 6.04 Å². The van der Waals surface area contributed by atoms with Crippen molar-refractivity contribution in [2.45, 2.75) is 25.3 Å². The number of aryl methyl sites for hydroxylation is 1. The van der Waals surface area contributed by atoms with Crippen LogP contribution in [-0.2, 0) is 12.8 Å². The Morgan fingerprint density at radius 3 is 2.60 bits per heavy atom. The Kier molecular flexibility index (Phi) is 5.56. The van der Waals surface area contributed by atoms with Crippen LogP contribution in [0.15, 0.2) is 47.2 Å². The van der Waals surface area contributed by atoms with Gasteiger partial charge in [0, 0.05) is 18.4 Å². The van der Waals surface area contributed by atoms with Gasteiger partial charge in [0.05, 0.1) is 11.6 Å². The summed E-state index contributed by atoms with van der Waals surface area (Å²) in [5.41, 5.74) is 8.72. The third kappa shape index (κ3) is 4.32. The molecule has 0 saturated heterocycles. The standard InChI is InChI=1S/C16H19BrN2O/c1-20-16-5-3-13(11-15(16)17)10-14(18)4-2-12-6-8-19-9-7-12/h3,5-9,11,14H,2,4,10,18H2,1H3.